The van der Waals surface area contributed by atoms with Gasteiger partial charge in [0.1, 0.15) is 23.9 Å². The number of carbonyl (C=O) groups is 1. The third kappa shape index (κ3) is 7.49. The highest BCUT2D eigenvalue weighted by atomic mass is 16.5. The Hall–Kier alpha value is -4.34. The van der Waals surface area contributed by atoms with E-state index in [1.807, 2.05) is 36.9 Å². The number of piperazine rings is 1. The molecule has 0 saturated carbocycles. The largest absolute Gasteiger partial charge is 0.497 e. The Morgan fingerprint density at radius 1 is 0.889 bits per heavy atom. The fraction of sp³-hybridized carbons (Fsp3) is 0.389. The summed E-state index contributed by atoms with van der Waals surface area (Å²) in [5, 5.41) is 4.14. The molecule has 0 unspecified atom stereocenters. The highest BCUT2D eigenvalue weighted by Gasteiger charge is 2.23. The van der Waals surface area contributed by atoms with Gasteiger partial charge in [0, 0.05) is 56.9 Å². The molecule has 1 saturated heterocycles. The number of fused-ring (bicyclic) bond motifs is 3. The van der Waals surface area contributed by atoms with Crippen LogP contribution in [0, 0.1) is 13.8 Å². The van der Waals surface area contributed by atoms with Crippen molar-refractivity contribution < 1.29 is 23.5 Å². The lowest BCUT2D eigenvalue weighted by Crippen LogP contribution is -2.50. The molecule has 9 nitrogen and oxygen atoms in total. The molecule has 2 aliphatic heterocycles. The minimum atomic E-state index is 0.125. The number of amides is 1. The van der Waals surface area contributed by atoms with Crippen molar-refractivity contribution in [3.8, 4) is 22.6 Å². The number of aromatic nitrogens is 1. The molecular weight excluding hydrogens is 568 g/mol. The molecule has 0 radical (unpaired) electrons. The topological polar surface area (TPSA) is 80.5 Å². The molecule has 6 rings (SSSR count). The summed E-state index contributed by atoms with van der Waals surface area (Å²) in [7, 11) is 1.68. The number of ether oxygens (including phenoxy) is 3. The maximum atomic E-state index is 13.7. The van der Waals surface area contributed by atoms with Crippen LogP contribution in [0.1, 0.15) is 28.1 Å². The maximum Gasteiger partial charge on any atom is 0.237 e. The molecule has 0 aliphatic carbocycles. The van der Waals surface area contributed by atoms with E-state index in [1.165, 1.54) is 11.3 Å². The molecule has 236 valence electrons. The van der Waals surface area contributed by atoms with Crippen LogP contribution in [0.25, 0.3) is 11.1 Å². The normalized spacial score (nSPS) is 16.4. The van der Waals surface area contributed by atoms with Crippen molar-refractivity contribution in [1.29, 1.82) is 0 Å². The number of anilines is 1. The van der Waals surface area contributed by atoms with Gasteiger partial charge in [0.15, 0.2) is 0 Å². The average Bonchev–Trinajstić information content (AvgIpc) is 3.40. The maximum absolute atomic E-state index is 13.7. The van der Waals surface area contributed by atoms with Crippen molar-refractivity contribution in [3.05, 3.63) is 94.9 Å². The Bertz CT molecular complexity index is 1570. The molecule has 1 fully saturated rings. The van der Waals surface area contributed by atoms with Crippen molar-refractivity contribution >= 4 is 11.6 Å². The molecule has 3 heterocycles. The highest BCUT2D eigenvalue weighted by molar-refractivity contribution is 5.78. The van der Waals surface area contributed by atoms with Gasteiger partial charge < -0.3 is 28.5 Å². The second-order valence-electron chi connectivity index (χ2n) is 11.8. The van der Waals surface area contributed by atoms with Gasteiger partial charge in [-0.3, -0.25) is 9.69 Å². The molecule has 2 aliphatic rings. The summed E-state index contributed by atoms with van der Waals surface area (Å²) in [5.74, 6) is 2.63. The van der Waals surface area contributed by atoms with Crippen LogP contribution >= 0.6 is 0 Å². The smallest absolute Gasteiger partial charge is 0.237 e. The Labute approximate surface area is 265 Å². The minimum Gasteiger partial charge on any atom is -0.497 e. The highest BCUT2D eigenvalue weighted by Crippen LogP contribution is 2.32. The van der Waals surface area contributed by atoms with E-state index in [-0.39, 0.29) is 5.91 Å². The Morgan fingerprint density at radius 3 is 2.44 bits per heavy atom. The third-order valence-corrected chi connectivity index (χ3v) is 8.65. The van der Waals surface area contributed by atoms with Gasteiger partial charge in [-0.05, 0) is 72.5 Å². The first kappa shape index (κ1) is 30.7. The average molecular weight is 611 g/mol. The van der Waals surface area contributed by atoms with Crippen LogP contribution in [-0.4, -0.2) is 87.1 Å². The van der Waals surface area contributed by atoms with E-state index in [9.17, 15) is 4.79 Å². The molecule has 3 aromatic carbocycles. The van der Waals surface area contributed by atoms with E-state index in [0.29, 0.717) is 45.9 Å². The summed E-state index contributed by atoms with van der Waals surface area (Å²) in [6.45, 7) is 10.2. The summed E-state index contributed by atoms with van der Waals surface area (Å²) in [4.78, 5) is 20.2. The molecule has 4 aromatic rings. The van der Waals surface area contributed by atoms with Crippen LogP contribution in [0.4, 0.5) is 5.69 Å². The zero-order valence-electron chi connectivity index (χ0n) is 26.5. The van der Waals surface area contributed by atoms with Gasteiger partial charge in [-0.15, -0.1) is 0 Å². The van der Waals surface area contributed by atoms with Crippen LogP contribution in [-0.2, 0) is 22.5 Å². The van der Waals surface area contributed by atoms with Gasteiger partial charge in [-0.1, -0.05) is 35.5 Å². The van der Waals surface area contributed by atoms with E-state index in [2.05, 4.69) is 63.5 Å². The summed E-state index contributed by atoms with van der Waals surface area (Å²) in [6, 6.07) is 23.0. The Balaban J connectivity index is 1.14. The number of hydrogen-bond donors (Lipinski definition) is 0. The first-order chi connectivity index (χ1) is 22.0. The fourth-order valence-corrected chi connectivity index (χ4v) is 6.22. The number of carbonyl (C=O) groups excluding carboxylic acids is 1. The Kier molecular flexibility index (Phi) is 9.66. The van der Waals surface area contributed by atoms with Gasteiger partial charge in [-0.2, -0.15) is 0 Å². The first-order valence-electron chi connectivity index (χ1n) is 15.7. The molecule has 0 spiro atoms. The molecule has 9 heteroatoms. The Morgan fingerprint density at radius 2 is 1.69 bits per heavy atom. The predicted octanol–water partition coefficient (Wildman–Crippen LogP) is 5.12. The number of aryl methyl sites for hydroxylation is 2. The quantitative estimate of drug-likeness (QED) is 0.308. The molecule has 1 aromatic heterocycles. The lowest BCUT2D eigenvalue weighted by molar-refractivity contribution is -0.134. The number of benzene rings is 3. The van der Waals surface area contributed by atoms with Crippen molar-refractivity contribution in [2.45, 2.75) is 26.8 Å². The summed E-state index contributed by atoms with van der Waals surface area (Å²) >= 11 is 0. The lowest BCUT2D eigenvalue weighted by atomic mass is 9.96. The first-order valence-corrected chi connectivity index (χ1v) is 15.7. The summed E-state index contributed by atoms with van der Waals surface area (Å²) in [6.07, 6.45) is 0.702. The molecule has 0 atom stereocenters. The van der Waals surface area contributed by atoms with Gasteiger partial charge in [0.2, 0.25) is 5.91 Å². The van der Waals surface area contributed by atoms with Crippen LogP contribution in [0.5, 0.6) is 11.5 Å². The molecule has 45 heavy (non-hydrogen) atoms. The van der Waals surface area contributed by atoms with Gasteiger partial charge in [0.05, 0.1) is 32.6 Å². The predicted molar refractivity (Wildman–Crippen MR) is 174 cm³/mol. The van der Waals surface area contributed by atoms with Gasteiger partial charge >= 0.3 is 0 Å². The zero-order valence-corrected chi connectivity index (χ0v) is 26.5. The second-order valence-corrected chi connectivity index (χ2v) is 11.8. The lowest BCUT2D eigenvalue weighted by Gasteiger charge is -2.36. The van der Waals surface area contributed by atoms with Crippen molar-refractivity contribution in [2.75, 3.05) is 71.1 Å². The minimum absolute atomic E-state index is 0.125. The number of hydrogen-bond acceptors (Lipinski definition) is 8. The SMILES string of the molecule is COc1ccc(N2CCN(CC(=O)N3CCOCCOc4ccc(-c5c(C)noc5C)cc4Cc4cccc(c4)C3)CC2)cc1. The second kappa shape index (κ2) is 14.2. The van der Waals surface area contributed by atoms with E-state index in [1.54, 1.807) is 7.11 Å². The van der Waals surface area contributed by atoms with E-state index >= 15 is 0 Å². The molecule has 2 bridgehead atoms. The number of methoxy groups -OCH3 is 1. The summed E-state index contributed by atoms with van der Waals surface area (Å²) < 4.78 is 22.9. The monoisotopic (exact) mass is 610 g/mol. The van der Waals surface area contributed by atoms with Crippen molar-refractivity contribution in [3.63, 3.8) is 0 Å². The van der Waals surface area contributed by atoms with Crippen LogP contribution in [0.15, 0.2) is 71.3 Å². The van der Waals surface area contributed by atoms with Crippen LogP contribution in [0.2, 0.25) is 0 Å². The molecule has 1 amide bonds. The molecular formula is C36H42N4O5. The van der Waals surface area contributed by atoms with E-state index in [0.717, 1.165) is 71.4 Å². The van der Waals surface area contributed by atoms with E-state index < -0.39 is 0 Å². The van der Waals surface area contributed by atoms with Crippen molar-refractivity contribution in [1.82, 2.24) is 15.0 Å². The summed E-state index contributed by atoms with van der Waals surface area (Å²) in [5.41, 5.74) is 7.49. The fourth-order valence-electron chi connectivity index (χ4n) is 6.22. The number of nitrogens with zero attached hydrogens (tertiary/aromatic N) is 4. The molecule has 0 N–H and O–H groups in total. The van der Waals surface area contributed by atoms with Crippen molar-refractivity contribution in [2.24, 2.45) is 0 Å². The van der Waals surface area contributed by atoms with E-state index in [4.69, 9.17) is 18.7 Å². The zero-order chi connectivity index (χ0) is 31.2. The van der Waals surface area contributed by atoms with Gasteiger partial charge in [0.25, 0.3) is 0 Å². The number of rotatable bonds is 5. The van der Waals surface area contributed by atoms with Gasteiger partial charge in [-0.25, -0.2) is 0 Å². The van der Waals surface area contributed by atoms with Crippen LogP contribution in [0.3, 0.4) is 0 Å². The standard InChI is InChI=1S/C36H42N4O5/c1-26-36(27(2)45-37-26)30-7-12-34-31(23-30)22-28-5-4-6-29(21-28)24-40(17-18-43-19-20-44-34)35(41)25-38-13-15-39(16-14-38)32-8-10-33(42-3)11-9-32/h4-12,21,23H,13-20,22,24-25H2,1-3H3. The third-order valence-electron chi connectivity index (χ3n) is 8.65. The van der Waals surface area contributed by atoms with Crippen LogP contribution < -0.4 is 14.4 Å².